The SMILES string of the molecule is Cc1ccc(S(=O)(=O)n2cccc2CNc2cc(C3C=CC=CC3)nc3c(Br)cnn23)cc1. The summed E-state index contributed by atoms with van der Waals surface area (Å²) in [5, 5.41) is 7.79. The molecule has 0 aliphatic heterocycles. The van der Waals surface area contributed by atoms with E-state index in [2.05, 4.69) is 38.5 Å². The van der Waals surface area contributed by atoms with E-state index in [0.717, 1.165) is 28.0 Å². The number of rotatable bonds is 6. The van der Waals surface area contributed by atoms with Crippen LogP contribution in [0.5, 0.6) is 0 Å². The molecule has 7 nitrogen and oxygen atoms in total. The number of hydrogen-bond donors (Lipinski definition) is 1. The molecule has 0 radical (unpaired) electrons. The normalized spacial score (nSPS) is 15.9. The number of fused-ring (bicyclic) bond motifs is 1. The molecule has 1 unspecified atom stereocenters. The van der Waals surface area contributed by atoms with Crippen molar-refractivity contribution in [3.63, 3.8) is 0 Å². The quantitative estimate of drug-likeness (QED) is 0.382. The van der Waals surface area contributed by atoms with Crippen molar-refractivity contribution in [2.45, 2.75) is 30.7 Å². The summed E-state index contributed by atoms with van der Waals surface area (Å²) in [6.07, 6.45) is 12.5. The Bertz CT molecular complexity index is 1480. The molecule has 1 atom stereocenters. The van der Waals surface area contributed by atoms with Crippen molar-refractivity contribution in [2.75, 3.05) is 5.32 Å². The van der Waals surface area contributed by atoms with Crippen LogP contribution in [0.1, 0.15) is 29.3 Å². The molecule has 168 valence electrons. The molecule has 0 saturated heterocycles. The van der Waals surface area contributed by atoms with Crippen molar-refractivity contribution < 1.29 is 8.42 Å². The molecule has 3 aromatic heterocycles. The number of aromatic nitrogens is 4. The van der Waals surface area contributed by atoms with Gasteiger partial charge in [0, 0.05) is 18.2 Å². The van der Waals surface area contributed by atoms with Crippen LogP contribution in [0.2, 0.25) is 0 Å². The van der Waals surface area contributed by atoms with Gasteiger partial charge < -0.3 is 5.32 Å². The molecule has 0 fully saturated rings. The molecule has 0 saturated carbocycles. The van der Waals surface area contributed by atoms with Crippen LogP contribution >= 0.6 is 15.9 Å². The van der Waals surface area contributed by atoms with Crippen LogP contribution in [-0.2, 0) is 16.6 Å². The molecule has 0 amide bonds. The van der Waals surface area contributed by atoms with Crippen molar-refractivity contribution in [3.8, 4) is 0 Å². The number of allylic oxidation sites excluding steroid dienone is 4. The summed E-state index contributed by atoms with van der Waals surface area (Å²) >= 11 is 3.53. The first kappa shape index (κ1) is 21.7. The molecule has 1 aliphatic rings. The van der Waals surface area contributed by atoms with E-state index in [1.807, 2.05) is 25.1 Å². The second-order valence-electron chi connectivity index (χ2n) is 7.92. The predicted octanol–water partition coefficient (Wildman–Crippen LogP) is 5.05. The van der Waals surface area contributed by atoms with Crippen LogP contribution < -0.4 is 5.32 Å². The maximum atomic E-state index is 13.2. The largest absolute Gasteiger partial charge is 0.364 e. The third-order valence-electron chi connectivity index (χ3n) is 5.63. The fourth-order valence-electron chi connectivity index (χ4n) is 3.85. The number of nitrogens with one attached hydrogen (secondary N) is 1. The Kier molecular flexibility index (Phi) is 5.67. The standard InChI is InChI=1S/C24H22BrN5O2S/c1-17-9-11-20(12-10-17)33(31,32)29-13-5-8-19(29)15-26-23-14-22(18-6-3-2-4-7-18)28-24-21(25)16-27-30(23)24/h2-6,8-14,16,18,26H,7,15H2,1H3. The fourth-order valence-corrected chi connectivity index (χ4v) is 5.57. The van der Waals surface area contributed by atoms with Gasteiger partial charge in [0.1, 0.15) is 5.82 Å². The predicted molar refractivity (Wildman–Crippen MR) is 132 cm³/mol. The minimum absolute atomic E-state index is 0.174. The van der Waals surface area contributed by atoms with Crippen molar-refractivity contribution >= 4 is 37.4 Å². The zero-order valence-electron chi connectivity index (χ0n) is 17.9. The van der Waals surface area contributed by atoms with Gasteiger partial charge in [0.2, 0.25) is 0 Å². The maximum Gasteiger partial charge on any atom is 0.267 e. The zero-order valence-corrected chi connectivity index (χ0v) is 20.3. The Hall–Kier alpha value is -3.17. The summed E-state index contributed by atoms with van der Waals surface area (Å²) in [5.41, 5.74) is 3.26. The summed E-state index contributed by atoms with van der Waals surface area (Å²) in [5.74, 6) is 0.914. The number of halogens is 1. The highest BCUT2D eigenvalue weighted by Crippen LogP contribution is 2.28. The van der Waals surface area contributed by atoms with Crippen LogP contribution in [0.15, 0.2) is 88.5 Å². The summed E-state index contributed by atoms with van der Waals surface area (Å²) in [6.45, 7) is 2.23. The lowest BCUT2D eigenvalue weighted by Gasteiger charge is -2.16. The molecule has 1 aliphatic carbocycles. The first-order chi connectivity index (χ1) is 15.9. The molecule has 5 rings (SSSR count). The van der Waals surface area contributed by atoms with E-state index >= 15 is 0 Å². The lowest BCUT2D eigenvalue weighted by molar-refractivity contribution is 0.585. The second-order valence-corrected chi connectivity index (χ2v) is 10.6. The molecule has 3 heterocycles. The average molecular weight is 524 g/mol. The Morgan fingerprint density at radius 2 is 2.00 bits per heavy atom. The van der Waals surface area contributed by atoms with E-state index in [4.69, 9.17) is 4.98 Å². The van der Waals surface area contributed by atoms with Gasteiger partial charge in [-0.05, 0) is 53.5 Å². The second kappa shape index (κ2) is 8.64. The third-order valence-corrected chi connectivity index (χ3v) is 7.93. The van der Waals surface area contributed by atoms with Crippen molar-refractivity contribution in [2.24, 2.45) is 0 Å². The monoisotopic (exact) mass is 523 g/mol. The summed E-state index contributed by atoms with van der Waals surface area (Å²) in [6, 6.07) is 12.4. The van der Waals surface area contributed by atoms with Crippen LogP contribution in [0, 0.1) is 6.92 Å². The molecule has 4 aromatic rings. The minimum Gasteiger partial charge on any atom is -0.364 e. The third kappa shape index (κ3) is 4.14. The van der Waals surface area contributed by atoms with Gasteiger partial charge in [-0.15, -0.1) is 0 Å². The molecule has 1 aromatic carbocycles. The smallest absolute Gasteiger partial charge is 0.267 e. The van der Waals surface area contributed by atoms with Gasteiger partial charge in [0.25, 0.3) is 10.0 Å². The van der Waals surface area contributed by atoms with Crippen molar-refractivity contribution in [1.29, 1.82) is 0 Å². The number of hydrogen-bond acceptors (Lipinski definition) is 5. The van der Waals surface area contributed by atoms with Gasteiger partial charge in [-0.1, -0.05) is 42.0 Å². The number of anilines is 1. The maximum absolute atomic E-state index is 13.2. The average Bonchev–Trinajstić information content (AvgIpc) is 3.46. The van der Waals surface area contributed by atoms with E-state index in [0.29, 0.717) is 17.9 Å². The highest BCUT2D eigenvalue weighted by atomic mass is 79.9. The van der Waals surface area contributed by atoms with Gasteiger partial charge in [0.15, 0.2) is 5.65 Å². The highest BCUT2D eigenvalue weighted by molar-refractivity contribution is 9.10. The number of benzene rings is 1. The topological polar surface area (TPSA) is 81.3 Å². The van der Waals surface area contributed by atoms with Crippen molar-refractivity contribution in [1.82, 2.24) is 18.6 Å². The van der Waals surface area contributed by atoms with Crippen LogP contribution in [-0.4, -0.2) is 27.0 Å². The Balaban J connectivity index is 1.47. The molecule has 1 N–H and O–H groups in total. The van der Waals surface area contributed by atoms with Crippen LogP contribution in [0.25, 0.3) is 5.65 Å². The van der Waals surface area contributed by atoms with E-state index in [9.17, 15) is 8.42 Å². The molecule has 0 spiro atoms. The van der Waals surface area contributed by atoms with E-state index < -0.39 is 10.0 Å². The van der Waals surface area contributed by atoms with E-state index in [1.54, 1.807) is 53.3 Å². The van der Waals surface area contributed by atoms with Gasteiger partial charge in [-0.25, -0.2) is 17.4 Å². The minimum atomic E-state index is -3.69. The van der Waals surface area contributed by atoms with Gasteiger partial charge in [0.05, 0.1) is 33.5 Å². The zero-order chi connectivity index (χ0) is 23.0. The number of aryl methyl sites for hydroxylation is 1. The fraction of sp³-hybridized carbons (Fsp3) is 0.167. The molecular weight excluding hydrogens is 502 g/mol. The molecule has 33 heavy (non-hydrogen) atoms. The first-order valence-corrected chi connectivity index (χ1v) is 12.8. The summed E-state index contributed by atoms with van der Waals surface area (Å²) < 4.78 is 30.2. The Morgan fingerprint density at radius 1 is 1.18 bits per heavy atom. The molecule has 9 heteroatoms. The van der Waals surface area contributed by atoms with Gasteiger partial charge in [-0.3, -0.25) is 0 Å². The molecular formula is C24H22BrN5O2S. The summed E-state index contributed by atoms with van der Waals surface area (Å²) in [4.78, 5) is 5.05. The van der Waals surface area contributed by atoms with Crippen LogP contribution in [0.4, 0.5) is 5.82 Å². The highest BCUT2D eigenvalue weighted by Gasteiger charge is 2.20. The first-order valence-electron chi connectivity index (χ1n) is 10.5. The molecule has 0 bridgehead atoms. The van der Waals surface area contributed by atoms with Gasteiger partial charge in [-0.2, -0.15) is 9.61 Å². The Morgan fingerprint density at radius 3 is 2.76 bits per heavy atom. The van der Waals surface area contributed by atoms with E-state index in [-0.39, 0.29) is 10.8 Å². The van der Waals surface area contributed by atoms with Crippen LogP contribution in [0.3, 0.4) is 0 Å². The summed E-state index contributed by atoms with van der Waals surface area (Å²) in [7, 11) is -3.69. The lowest BCUT2D eigenvalue weighted by atomic mass is 9.97. The Labute approximate surface area is 200 Å². The van der Waals surface area contributed by atoms with Crippen molar-refractivity contribution in [3.05, 3.63) is 101 Å². The number of nitrogens with zero attached hydrogens (tertiary/aromatic N) is 4. The lowest BCUT2D eigenvalue weighted by Crippen LogP contribution is -2.17. The van der Waals surface area contributed by atoms with Gasteiger partial charge >= 0.3 is 0 Å². The van der Waals surface area contributed by atoms with E-state index in [1.165, 1.54) is 3.97 Å².